The van der Waals surface area contributed by atoms with Gasteiger partial charge in [-0.1, -0.05) is 0 Å². The number of esters is 2. The minimum absolute atomic E-state index is 0.00754. The lowest BCUT2D eigenvalue weighted by Crippen LogP contribution is -2.42. The molecule has 10 heteroatoms. The molecule has 140 valence electrons. The van der Waals surface area contributed by atoms with Gasteiger partial charge in [0.05, 0.1) is 19.8 Å². The normalized spacial score (nSPS) is 13.0. The quantitative estimate of drug-likeness (QED) is 0.477. The Bertz CT molecular complexity index is 587. The number of oxazole rings is 1. The summed E-state index contributed by atoms with van der Waals surface area (Å²) >= 11 is 0. The van der Waals surface area contributed by atoms with Crippen LogP contribution in [0, 0.1) is 0 Å². The van der Waals surface area contributed by atoms with Gasteiger partial charge >= 0.3 is 11.9 Å². The van der Waals surface area contributed by atoms with Crippen LogP contribution in [0.1, 0.15) is 49.1 Å². The van der Waals surface area contributed by atoms with E-state index in [0.29, 0.717) is 0 Å². The molecule has 10 nitrogen and oxygen atoms in total. The van der Waals surface area contributed by atoms with Crippen molar-refractivity contribution in [3.63, 3.8) is 0 Å². The van der Waals surface area contributed by atoms with E-state index in [2.05, 4.69) is 10.3 Å². The molecule has 0 aromatic carbocycles. The Kier molecular flexibility index (Phi) is 8.57. The van der Waals surface area contributed by atoms with Crippen LogP contribution < -0.4 is 11.1 Å². The van der Waals surface area contributed by atoms with Crippen LogP contribution in [0.4, 0.5) is 0 Å². The molecule has 0 aliphatic carbocycles. The molecule has 25 heavy (non-hydrogen) atoms. The predicted octanol–water partition coefficient (Wildman–Crippen LogP) is -0.328. The lowest BCUT2D eigenvalue weighted by Gasteiger charge is -2.16. The summed E-state index contributed by atoms with van der Waals surface area (Å²) in [7, 11) is 0. The van der Waals surface area contributed by atoms with Crippen LogP contribution >= 0.6 is 0 Å². The minimum atomic E-state index is -1.04. The van der Waals surface area contributed by atoms with Gasteiger partial charge in [-0.2, -0.15) is 0 Å². The second-order valence-electron chi connectivity index (χ2n) is 4.98. The Balaban J connectivity index is 2.74. The molecule has 2 unspecified atom stereocenters. The number of carbonyl (C=O) groups excluding carboxylic acids is 3. The summed E-state index contributed by atoms with van der Waals surface area (Å²) in [5, 5.41) is 11.4. The first-order chi connectivity index (χ1) is 11.9. The van der Waals surface area contributed by atoms with Gasteiger partial charge in [-0.15, -0.1) is 0 Å². The zero-order valence-electron chi connectivity index (χ0n) is 14.2. The maximum atomic E-state index is 12.2. The van der Waals surface area contributed by atoms with Crippen molar-refractivity contribution in [3.05, 3.63) is 17.8 Å². The summed E-state index contributed by atoms with van der Waals surface area (Å²) in [6.45, 7) is 3.25. The Hall–Kier alpha value is -2.46. The Morgan fingerprint density at radius 3 is 2.60 bits per heavy atom. The highest BCUT2D eigenvalue weighted by Crippen LogP contribution is 2.10. The average molecular weight is 357 g/mol. The van der Waals surface area contributed by atoms with Gasteiger partial charge < -0.3 is 30.0 Å². The zero-order valence-corrected chi connectivity index (χ0v) is 14.2. The highest BCUT2D eigenvalue weighted by atomic mass is 16.5. The molecule has 0 radical (unpaired) electrons. The van der Waals surface area contributed by atoms with Gasteiger partial charge in [-0.25, -0.2) is 9.78 Å². The smallest absolute Gasteiger partial charge is 0.328 e. The summed E-state index contributed by atoms with van der Waals surface area (Å²) in [5.41, 5.74) is 5.44. The molecule has 0 aliphatic heterocycles. The molecule has 1 aromatic heterocycles. The van der Waals surface area contributed by atoms with Crippen molar-refractivity contribution >= 4 is 17.8 Å². The molecular weight excluding hydrogens is 334 g/mol. The fourth-order valence-corrected chi connectivity index (χ4v) is 1.86. The third-order valence-corrected chi connectivity index (χ3v) is 3.09. The Labute approximate surface area is 144 Å². The van der Waals surface area contributed by atoms with E-state index in [4.69, 9.17) is 24.7 Å². The van der Waals surface area contributed by atoms with Crippen molar-refractivity contribution in [3.8, 4) is 0 Å². The molecule has 0 bridgehead atoms. The fourth-order valence-electron chi connectivity index (χ4n) is 1.86. The standard InChI is InChI=1S/C15H23N3O7/c1-3-23-12(20)6-5-10(15(22)24-4-2)17-13(21)11-8-25-14(18-11)9(16)7-19/h8-10,19H,3-7,16H2,1-2H3,(H,17,21). The maximum absolute atomic E-state index is 12.2. The second-order valence-corrected chi connectivity index (χ2v) is 4.98. The summed E-state index contributed by atoms with van der Waals surface area (Å²) in [6.07, 6.45) is 1.02. The van der Waals surface area contributed by atoms with E-state index in [-0.39, 0.29) is 37.6 Å². The van der Waals surface area contributed by atoms with E-state index >= 15 is 0 Å². The first-order valence-electron chi connectivity index (χ1n) is 7.87. The lowest BCUT2D eigenvalue weighted by atomic mass is 10.1. The molecule has 0 spiro atoms. The lowest BCUT2D eigenvalue weighted by molar-refractivity contribution is -0.146. The average Bonchev–Trinajstić information content (AvgIpc) is 3.08. The van der Waals surface area contributed by atoms with Gasteiger partial charge in [-0.3, -0.25) is 9.59 Å². The van der Waals surface area contributed by atoms with E-state index in [1.54, 1.807) is 13.8 Å². The van der Waals surface area contributed by atoms with Gasteiger partial charge in [0.1, 0.15) is 18.3 Å². The molecular formula is C15H23N3O7. The summed E-state index contributed by atoms with van der Waals surface area (Å²) < 4.78 is 14.7. The number of carbonyl (C=O) groups is 3. The first kappa shape index (κ1) is 20.6. The van der Waals surface area contributed by atoms with E-state index in [1.807, 2.05) is 0 Å². The number of aliphatic hydroxyl groups is 1. The van der Waals surface area contributed by atoms with Crippen molar-refractivity contribution in [1.82, 2.24) is 10.3 Å². The molecule has 4 N–H and O–H groups in total. The summed E-state index contributed by atoms with van der Waals surface area (Å²) in [6, 6.07) is -1.89. The molecule has 0 saturated heterocycles. The first-order valence-corrected chi connectivity index (χ1v) is 7.87. The van der Waals surface area contributed by atoms with Gasteiger partial charge in [0.2, 0.25) is 5.89 Å². The predicted molar refractivity (Wildman–Crippen MR) is 84.3 cm³/mol. The Morgan fingerprint density at radius 1 is 1.32 bits per heavy atom. The molecule has 2 atom stereocenters. The topological polar surface area (TPSA) is 154 Å². The van der Waals surface area contributed by atoms with Gasteiger partial charge in [0.15, 0.2) is 5.69 Å². The van der Waals surface area contributed by atoms with Crippen LogP contribution in [0.3, 0.4) is 0 Å². The van der Waals surface area contributed by atoms with Crippen molar-refractivity contribution in [1.29, 1.82) is 0 Å². The number of aromatic nitrogens is 1. The van der Waals surface area contributed by atoms with Gasteiger partial charge in [0, 0.05) is 6.42 Å². The third kappa shape index (κ3) is 6.51. The number of rotatable bonds is 10. The maximum Gasteiger partial charge on any atom is 0.328 e. The number of nitrogens with zero attached hydrogens (tertiary/aromatic N) is 1. The highest BCUT2D eigenvalue weighted by Gasteiger charge is 2.25. The van der Waals surface area contributed by atoms with Crippen LogP contribution in [0.5, 0.6) is 0 Å². The number of nitrogens with one attached hydrogen (secondary N) is 1. The third-order valence-electron chi connectivity index (χ3n) is 3.09. The van der Waals surface area contributed by atoms with Crippen molar-refractivity contribution in [2.75, 3.05) is 19.8 Å². The summed E-state index contributed by atoms with van der Waals surface area (Å²) in [4.78, 5) is 39.5. The largest absolute Gasteiger partial charge is 0.466 e. The molecule has 1 amide bonds. The van der Waals surface area contributed by atoms with E-state index in [9.17, 15) is 14.4 Å². The molecule has 0 aliphatic rings. The van der Waals surface area contributed by atoms with Gasteiger partial charge in [0.25, 0.3) is 5.91 Å². The number of amides is 1. The molecule has 1 rings (SSSR count). The van der Waals surface area contributed by atoms with Crippen LogP contribution in [0.25, 0.3) is 0 Å². The second kappa shape index (κ2) is 10.4. The monoisotopic (exact) mass is 357 g/mol. The molecule has 0 saturated carbocycles. The fraction of sp³-hybridized carbons (Fsp3) is 0.600. The number of aliphatic hydroxyl groups excluding tert-OH is 1. The van der Waals surface area contributed by atoms with Crippen LogP contribution in [-0.4, -0.2) is 53.8 Å². The van der Waals surface area contributed by atoms with E-state index in [0.717, 1.165) is 6.26 Å². The number of hydrogen-bond acceptors (Lipinski definition) is 9. The SMILES string of the molecule is CCOC(=O)CCC(NC(=O)c1coc(C(N)CO)n1)C(=O)OCC. The van der Waals surface area contributed by atoms with Crippen molar-refractivity contribution in [2.24, 2.45) is 5.73 Å². The number of nitrogens with two attached hydrogens (primary N) is 1. The Morgan fingerprint density at radius 2 is 2.00 bits per heavy atom. The van der Waals surface area contributed by atoms with Gasteiger partial charge in [-0.05, 0) is 20.3 Å². The van der Waals surface area contributed by atoms with Crippen molar-refractivity contribution in [2.45, 2.75) is 38.8 Å². The van der Waals surface area contributed by atoms with Crippen LogP contribution in [0.2, 0.25) is 0 Å². The van der Waals surface area contributed by atoms with E-state index in [1.165, 1.54) is 0 Å². The van der Waals surface area contributed by atoms with E-state index < -0.39 is 36.5 Å². The summed E-state index contributed by atoms with van der Waals surface area (Å²) in [5.74, 6) is -1.85. The molecule has 0 fully saturated rings. The number of hydrogen-bond donors (Lipinski definition) is 3. The van der Waals surface area contributed by atoms with Crippen LogP contribution in [-0.2, 0) is 19.1 Å². The molecule has 1 aromatic rings. The van der Waals surface area contributed by atoms with Crippen LogP contribution in [0.15, 0.2) is 10.7 Å². The number of ether oxygens (including phenoxy) is 2. The van der Waals surface area contributed by atoms with Crippen molar-refractivity contribution < 1.29 is 33.4 Å². The highest BCUT2D eigenvalue weighted by molar-refractivity contribution is 5.95. The zero-order chi connectivity index (χ0) is 18.8. The minimum Gasteiger partial charge on any atom is -0.466 e. The molecule has 1 heterocycles.